The molecular formula is C111H108Br2N8O12. The first-order chi connectivity index (χ1) is 65.4. The molecule has 133 heavy (non-hydrogen) atoms. The molecule has 0 radical (unpaired) electrons. The van der Waals surface area contributed by atoms with E-state index in [-0.39, 0.29) is 26.4 Å². The monoisotopic (exact) mass is 1900 g/mol. The fourth-order valence-corrected chi connectivity index (χ4v) is 17.2. The molecule has 17 rings (SSSR count). The zero-order chi connectivity index (χ0) is 90.9. The molecule has 0 saturated heterocycles. The molecule has 22 heteroatoms. The number of hydrogen-bond acceptors (Lipinski definition) is 20. The molecule has 16 aromatic rings. The van der Waals surface area contributed by atoms with Crippen molar-refractivity contribution in [3.05, 3.63) is 320 Å². The molecule has 0 atom stereocenters. The minimum atomic E-state index is -0.749. The quantitative estimate of drug-likeness (QED) is 0.0323. The Morgan fingerprint density at radius 3 is 0.654 bits per heavy atom. The van der Waals surface area contributed by atoms with Crippen LogP contribution < -0.4 is 37.9 Å². The molecule has 0 spiro atoms. The highest BCUT2D eigenvalue weighted by Crippen LogP contribution is 2.55. The second kappa shape index (κ2) is 45.1. The molecule has 0 unspecified atom stereocenters. The molecule has 0 bridgehead atoms. The van der Waals surface area contributed by atoms with E-state index in [4.69, 9.17) is 55.6 Å². The zero-order valence-electron chi connectivity index (χ0n) is 75.5. The molecule has 0 N–H and O–H groups in total. The summed E-state index contributed by atoms with van der Waals surface area (Å²) in [5, 5.41) is 35.6. The van der Waals surface area contributed by atoms with Crippen molar-refractivity contribution in [2.75, 3.05) is 26.4 Å². The zero-order valence-corrected chi connectivity index (χ0v) is 78.7. The Morgan fingerprint density at radius 2 is 0.436 bits per heavy atom. The van der Waals surface area contributed by atoms with Gasteiger partial charge < -0.3 is 55.6 Å². The number of benzene rings is 12. The van der Waals surface area contributed by atoms with Crippen molar-refractivity contribution in [2.24, 2.45) is 0 Å². The van der Waals surface area contributed by atoms with E-state index < -0.39 is 5.41 Å². The first-order valence-corrected chi connectivity index (χ1v) is 48.0. The first kappa shape index (κ1) is 91.5. The van der Waals surface area contributed by atoms with Gasteiger partial charge in [0.25, 0.3) is 0 Å². The van der Waals surface area contributed by atoms with E-state index in [2.05, 4.69) is 161 Å². The van der Waals surface area contributed by atoms with Crippen LogP contribution in [0.4, 0.5) is 0 Å². The fraction of sp³-hybridized carbons (Fsp3) is 0.279. The lowest BCUT2D eigenvalue weighted by molar-refractivity contribution is 0.288. The summed E-state index contributed by atoms with van der Waals surface area (Å²) in [4.78, 5) is 0. The van der Waals surface area contributed by atoms with Gasteiger partial charge >= 0.3 is 0 Å². The number of halogens is 2. The Morgan fingerprint density at radius 1 is 0.218 bits per heavy atom. The van der Waals surface area contributed by atoms with Gasteiger partial charge in [-0.3, -0.25) is 0 Å². The normalized spacial score (nSPS) is 11.9. The van der Waals surface area contributed by atoms with Gasteiger partial charge in [-0.2, -0.15) is 0 Å². The number of unbranched alkanes of at least 4 members (excludes halogenated alkanes) is 12. The molecular weight excluding hydrogens is 1800 g/mol. The van der Waals surface area contributed by atoms with Crippen LogP contribution in [-0.4, -0.2) is 67.2 Å². The third-order valence-corrected chi connectivity index (χ3v) is 24.8. The molecule has 4 aromatic heterocycles. The molecule has 678 valence electrons. The predicted octanol–water partition coefficient (Wildman–Crippen LogP) is 29.0. The molecule has 0 saturated carbocycles. The number of aromatic nitrogens is 8. The second-order valence-electron chi connectivity index (χ2n) is 33.8. The largest absolute Gasteiger partial charge is 0.494 e. The lowest BCUT2D eigenvalue weighted by Crippen LogP contribution is -2.31. The van der Waals surface area contributed by atoms with E-state index in [0.29, 0.717) is 109 Å². The number of nitrogens with zero attached hydrogens (tertiary/aromatic N) is 8. The van der Waals surface area contributed by atoms with E-state index >= 15 is 0 Å². The van der Waals surface area contributed by atoms with Crippen LogP contribution >= 0.6 is 31.9 Å². The van der Waals surface area contributed by atoms with Crippen molar-refractivity contribution in [1.29, 1.82) is 0 Å². The number of fused-ring (bicyclic) bond motifs is 3. The van der Waals surface area contributed by atoms with Crippen LogP contribution in [0.25, 0.3) is 103 Å². The van der Waals surface area contributed by atoms with E-state index in [0.717, 1.165) is 183 Å². The summed E-state index contributed by atoms with van der Waals surface area (Å²) in [6.45, 7) is 12.5. The summed E-state index contributed by atoms with van der Waals surface area (Å²) in [7, 11) is 0. The van der Waals surface area contributed by atoms with Crippen molar-refractivity contribution in [1.82, 2.24) is 40.8 Å². The Hall–Kier alpha value is -13.4. The van der Waals surface area contributed by atoms with Gasteiger partial charge in [-0.15, -0.1) is 40.8 Å². The summed E-state index contributed by atoms with van der Waals surface area (Å²) in [5.41, 5.74) is 15.7. The Balaban J connectivity index is 0.660. The van der Waals surface area contributed by atoms with Gasteiger partial charge in [0.1, 0.15) is 72.4 Å². The standard InChI is InChI=1S/C111H108Br2N8O12/c1-5-9-13-17-57-122-91-47-37-85(38-48-91)107-118-114-103(130-107)81-29-21-75(22-30-81)71-126-95-61-79(62-96(67-95)127-72-76-23-31-82(32-24-76)104-115-119-108(131-104)86-39-49-92(50-40-86)123-58-18-14-10-6-2)69-111(101-65-89(112)45-55-99(101)100-56-46-90(113)66-102(100)111)70-80-63-97(128-73-77-25-33-83(34-26-77)105-116-120-109(132-105)87-41-51-93(52-42-87)124-59-19-15-11-7-3)68-98(64-80)129-74-78-27-35-84(36-28-78)106-117-121-110(133-106)88-43-53-94(54-44-88)125-60-20-16-12-8-4/h21-56,61-68H,5-20,57-60,69-74H2,1-4H3. The molecule has 0 aliphatic heterocycles. The van der Waals surface area contributed by atoms with Crippen molar-refractivity contribution in [2.45, 2.75) is 175 Å². The van der Waals surface area contributed by atoms with Crippen molar-refractivity contribution < 1.29 is 55.6 Å². The van der Waals surface area contributed by atoms with Crippen LogP contribution in [0, 0.1) is 0 Å². The van der Waals surface area contributed by atoms with E-state index in [9.17, 15) is 0 Å². The topological polar surface area (TPSA) is 230 Å². The molecule has 20 nitrogen and oxygen atoms in total. The van der Waals surface area contributed by atoms with Gasteiger partial charge in [-0.25, -0.2) is 0 Å². The maximum absolute atomic E-state index is 6.95. The van der Waals surface area contributed by atoms with Gasteiger partial charge in [-0.05, 0) is 288 Å². The molecule has 4 heterocycles. The van der Waals surface area contributed by atoms with Crippen molar-refractivity contribution >= 4 is 31.9 Å². The minimum Gasteiger partial charge on any atom is -0.494 e. The number of hydrogen-bond donors (Lipinski definition) is 0. The average Bonchev–Trinajstić information content (AvgIpc) is 1.54. The molecule has 12 aromatic carbocycles. The van der Waals surface area contributed by atoms with Crippen LogP contribution in [0.15, 0.2) is 294 Å². The van der Waals surface area contributed by atoms with Crippen LogP contribution in [0.2, 0.25) is 0 Å². The summed E-state index contributed by atoms with van der Waals surface area (Å²) in [5.74, 6) is 9.00. The summed E-state index contributed by atoms with van der Waals surface area (Å²) in [6, 6.07) is 88.9. The maximum atomic E-state index is 6.95. The summed E-state index contributed by atoms with van der Waals surface area (Å²) < 4.78 is 78.9. The lowest BCUT2D eigenvalue weighted by Gasteiger charge is -2.34. The van der Waals surface area contributed by atoms with Crippen LogP contribution in [0.1, 0.15) is 175 Å². The van der Waals surface area contributed by atoms with E-state index in [1.54, 1.807) is 0 Å². The van der Waals surface area contributed by atoms with Gasteiger partial charge in [0.15, 0.2) is 0 Å². The summed E-state index contributed by atoms with van der Waals surface area (Å²) >= 11 is 7.96. The highest BCUT2D eigenvalue weighted by Gasteiger charge is 2.44. The third-order valence-electron chi connectivity index (χ3n) is 23.8. The van der Waals surface area contributed by atoms with Gasteiger partial charge in [-0.1, -0.05) is 197 Å². The Labute approximate surface area is 793 Å². The maximum Gasteiger partial charge on any atom is 0.248 e. The highest BCUT2D eigenvalue weighted by molar-refractivity contribution is 9.10. The molecule has 1 aliphatic carbocycles. The van der Waals surface area contributed by atoms with Gasteiger partial charge in [0.05, 0.1) is 26.4 Å². The summed E-state index contributed by atoms with van der Waals surface area (Å²) in [6.07, 6.45) is 19.2. The number of rotatable bonds is 48. The molecule has 0 fully saturated rings. The smallest absolute Gasteiger partial charge is 0.248 e. The lowest BCUT2D eigenvalue weighted by atomic mass is 9.69. The van der Waals surface area contributed by atoms with Crippen molar-refractivity contribution in [3.8, 4) is 149 Å². The first-order valence-electron chi connectivity index (χ1n) is 46.5. The predicted molar refractivity (Wildman–Crippen MR) is 525 cm³/mol. The fourth-order valence-electron chi connectivity index (χ4n) is 16.5. The average molecular weight is 1910 g/mol. The van der Waals surface area contributed by atoms with Crippen LogP contribution in [0.3, 0.4) is 0 Å². The van der Waals surface area contributed by atoms with E-state index in [1.165, 1.54) is 51.4 Å². The van der Waals surface area contributed by atoms with Crippen LogP contribution in [0.5, 0.6) is 46.0 Å². The van der Waals surface area contributed by atoms with Crippen molar-refractivity contribution in [3.63, 3.8) is 0 Å². The minimum absolute atomic E-state index is 0.236. The van der Waals surface area contributed by atoms with E-state index in [1.807, 2.05) is 206 Å². The van der Waals surface area contributed by atoms with Crippen LogP contribution in [-0.2, 0) is 44.7 Å². The highest BCUT2D eigenvalue weighted by atomic mass is 79.9. The van der Waals surface area contributed by atoms with Gasteiger partial charge in [0, 0.05) is 71.0 Å². The molecule has 1 aliphatic rings. The second-order valence-corrected chi connectivity index (χ2v) is 35.6. The van der Waals surface area contributed by atoms with Gasteiger partial charge in [0.2, 0.25) is 47.1 Å². The Kier molecular flexibility index (Phi) is 31.0. The molecule has 0 amide bonds. The SMILES string of the molecule is CCCCCCOc1ccc(-c2nnc(-c3ccc(COc4cc(CC5(Cc6cc(OCc7ccc(-c8nnc(-c9ccc(OCCCCCC)cc9)o8)cc7)cc(OCc7ccc(-c8nnc(-c9ccc(OCCCCCC)cc9)o8)cc7)c6)c6cc(Br)ccc6-c6ccc(Br)cc65)cc(OCc5ccc(-c6nnc(-c7ccc(OCCCCCC)cc7)o6)cc5)c4)cc3)o2)cc1. The Bertz CT molecular complexity index is 5710. The number of ether oxygens (including phenoxy) is 8. The third kappa shape index (κ3) is 24.1.